The van der Waals surface area contributed by atoms with Crippen LogP contribution in [-0.2, 0) is 4.74 Å². The molecule has 0 unspecified atom stereocenters. The molecule has 2 atom stereocenters. The monoisotopic (exact) mass is 258 g/mol. The van der Waals surface area contributed by atoms with Crippen LogP contribution in [0.2, 0.25) is 0 Å². The van der Waals surface area contributed by atoms with Crippen LogP contribution in [0.5, 0.6) is 0 Å². The van der Waals surface area contributed by atoms with Crippen molar-refractivity contribution in [3.8, 4) is 0 Å². The topological polar surface area (TPSA) is 68.8 Å². The van der Waals surface area contributed by atoms with E-state index in [0.717, 1.165) is 52.4 Å². The Morgan fingerprint density at radius 1 is 0.833 bits per heavy atom. The van der Waals surface area contributed by atoms with Crippen molar-refractivity contribution in [2.24, 2.45) is 0 Å². The molecular formula is C12H26N4O2. The molecule has 2 aliphatic rings. The van der Waals surface area contributed by atoms with Crippen molar-refractivity contribution in [1.82, 2.24) is 20.9 Å². The first-order valence-corrected chi connectivity index (χ1v) is 7.00. The largest absolute Gasteiger partial charge is 0.389 e. The van der Waals surface area contributed by atoms with E-state index in [2.05, 4.69) is 20.9 Å². The fraction of sp³-hybridized carbons (Fsp3) is 1.00. The zero-order valence-corrected chi connectivity index (χ0v) is 11.0. The molecule has 0 aliphatic carbocycles. The van der Waals surface area contributed by atoms with Crippen molar-refractivity contribution in [3.05, 3.63) is 0 Å². The second-order valence-electron chi connectivity index (χ2n) is 4.96. The number of ether oxygens (including phenoxy) is 1. The summed E-state index contributed by atoms with van der Waals surface area (Å²) in [6.45, 7) is 9.01. The van der Waals surface area contributed by atoms with Crippen molar-refractivity contribution in [2.75, 3.05) is 65.6 Å². The summed E-state index contributed by atoms with van der Waals surface area (Å²) in [6.07, 6.45) is -0.334. The highest BCUT2D eigenvalue weighted by Crippen LogP contribution is 2.12. The Bertz CT molecular complexity index is 218. The maximum absolute atomic E-state index is 9.91. The Kier molecular flexibility index (Phi) is 6.33. The molecule has 0 aromatic heterocycles. The number of hydrogen-bond acceptors (Lipinski definition) is 6. The van der Waals surface area contributed by atoms with E-state index < -0.39 is 0 Å². The van der Waals surface area contributed by atoms with Crippen LogP contribution in [-0.4, -0.2) is 87.7 Å². The first-order chi connectivity index (χ1) is 8.88. The summed E-state index contributed by atoms with van der Waals surface area (Å²) in [5, 5.41) is 20.1. The van der Waals surface area contributed by atoms with Gasteiger partial charge in [0.2, 0.25) is 0 Å². The first-order valence-electron chi connectivity index (χ1n) is 7.00. The van der Waals surface area contributed by atoms with Crippen LogP contribution in [0, 0.1) is 0 Å². The third-order valence-electron chi connectivity index (χ3n) is 3.60. The molecular weight excluding hydrogens is 232 g/mol. The highest BCUT2D eigenvalue weighted by atomic mass is 16.5. The van der Waals surface area contributed by atoms with Crippen LogP contribution >= 0.6 is 0 Å². The van der Waals surface area contributed by atoms with E-state index in [9.17, 15) is 5.11 Å². The summed E-state index contributed by atoms with van der Waals surface area (Å²) in [5.41, 5.74) is 0. The smallest absolute Gasteiger partial charge is 0.0950 e. The number of aliphatic hydroxyl groups excluding tert-OH is 1. The molecule has 0 spiro atoms. The molecule has 106 valence electrons. The number of rotatable bonds is 1. The van der Waals surface area contributed by atoms with E-state index in [1.165, 1.54) is 0 Å². The van der Waals surface area contributed by atoms with Gasteiger partial charge in [-0.2, -0.15) is 0 Å². The Morgan fingerprint density at radius 3 is 1.89 bits per heavy atom. The fourth-order valence-corrected chi connectivity index (χ4v) is 2.50. The predicted molar refractivity (Wildman–Crippen MR) is 70.8 cm³/mol. The molecule has 4 N–H and O–H groups in total. The summed E-state index contributed by atoms with van der Waals surface area (Å²) >= 11 is 0. The lowest BCUT2D eigenvalue weighted by molar-refractivity contribution is 0.0827. The van der Waals surface area contributed by atoms with Crippen LogP contribution in [0.15, 0.2) is 0 Å². The lowest BCUT2D eigenvalue weighted by Crippen LogP contribution is -2.49. The van der Waals surface area contributed by atoms with Crippen molar-refractivity contribution >= 4 is 0 Å². The Balaban J connectivity index is 1.81. The fourth-order valence-electron chi connectivity index (χ4n) is 2.50. The Morgan fingerprint density at radius 2 is 1.39 bits per heavy atom. The molecule has 6 nitrogen and oxygen atoms in total. The van der Waals surface area contributed by atoms with Crippen molar-refractivity contribution < 1.29 is 9.84 Å². The van der Waals surface area contributed by atoms with Crippen LogP contribution in [0.3, 0.4) is 0 Å². The minimum absolute atomic E-state index is 0.162. The van der Waals surface area contributed by atoms with Gasteiger partial charge in [0.05, 0.1) is 25.4 Å². The first kappa shape index (κ1) is 14.2. The van der Waals surface area contributed by atoms with Gasteiger partial charge in [-0.15, -0.1) is 0 Å². The average molecular weight is 258 g/mol. The zero-order valence-electron chi connectivity index (χ0n) is 11.0. The van der Waals surface area contributed by atoms with Gasteiger partial charge in [-0.05, 0) is 0 Å². The Hall–Kier alpha value is -0.240. The minimum atomic E-state index is -0.334. The summed E-state index contributed by atoms with van der Waals surface area (Å²) in [7, 11) is 0. The van der Waals surface area contributed by atoms with E-state index in [1.807, 2.05) is 0 Å². The van der Waals surface area contributed by atoms with Crippen LogP contribution in [0.4, 0.5) is 0 Å². The normalized spacial score (nSPS) is 33.8. The number of hydrogen-bond donors (Lipinski definition) is 4. The molecule has 18 heavy (non-hydrogen) atoms. The molecule has 0 saturated carbocycles. The molecule has 0 aromatic rings. The van der Waals surface area contributed by atoms with Crippen LogP contribution in [0.25, 0.3) is 0 Å². The third kappa shape index (κ3) is 4.46. The Labute approximate surface area is 109 Å². The van der Waals surface area contributed by atoms with Crippen molar-refractivity contribution in [3.63, 3.8) is 0 Å². The maximum atomic E-state index is 9.91. The van der Waals surface area contributed by atoms with E-state index in [-0.39, 0.29) is 12.1 Å². The molecule has 0 amide bonds. The maximum Gasteiger partial charge on any atom is 0.0950 e. The second-order valence-corrected chi connectivity index (χ2v) is 4.96. The minimum Gasteiger partial charge on any atom is -0.389 e. The number of aliphatic hydroxyl groups is 1. The van der Waals surface area contributed by atoms with E-state index >= 15 is 0 Å². The second kappa shape index (κ2) is 8.04. The molecule has 0 bridgehead atoms. The lowest BCUT2D eigenvalue weighted by atomic mass is 10.2. The molecule has 2 aliphatic heterocycles. The van der Waals surface area contributed by atoms with Crippen LogP contribution in [0.1, 0.15) is 0 Å². The van der Waals surface area contributed by atoms with Gasteiger partial charge < -0.3 is 25.8 Å². The van der Waals surface area contributed by atoms with Gasteiger partial charge in [-0.25, -0.2) is 0 Å². The van der Waals surface area contributed by atoms with Gasteiger partial charge in [0, 0.05) is 52.4 Å². The molecule has 6 heteroatoms. The molecule has 2 heterocycles. The molecule has 2 rings (SSSR count). The number of nitrogens with zero attached hydrogens (tertiary/aromatic N) is 1. The lowest BCUT2D eigenvalue weighted by Gasteiger charge is -2.30. The van der Waals surface area contributed by atoms with Crippen molar-refractivity contribution in [2.45, 2.75) is 12.1 Å². The quantitative estimate of drug-likeness (QED) is 0.429. The van der Waals surface area contributed by atoms with Crippen LogP contribution < -0.4 is 16.0 Å². The average Bonchev–Trinajstić information content (AvgIpc) is 2.76. The zero-order chi connectivity index (χ0) is 12.6. The van der Waals surface area contributed by atoms with Gasteiger partial charge in [0.15, 0.2) is 0 Å². The van der Waals surface area contributed by atoms with Gasteiger partial charge in [0.1, 0.15) is 0 Å². The SMILES string of the molecule is O[C@@H]1COC[C@H]1N1CCNCCNCCNCC1. The van der Waals surface area contributed by atoms with E-state index in [0.29, 0.717) is 13.2 Å². The van der Waals surface area contributed by atoms with Gasteiger partial charge in [-0.1, -0.05) is 0 Å². The van der Waals surface area contributed by atoms with Gasteiger partial charge >= 0.3 is 0 Å². The molecule has 2 fully saturated rings. The summed E-state index contributed by atoms with van der Waals surface area (Å²) in [6, 6.07) is 0.162. The highest BCUT2D eigenvalue weighted by Gasteiger charge is 2.31. The summed E-state index contributed by atoms with van der Waals surface area (Å²) in [4.78, 5) is 2.34. The number of nitrogens with one attached hydrogen (secondary N) is 3. The standard InChI is InChI=1S/C12H26N4O2/c17-12-10-18-9-11(12)16-7-5-14-3-1-13-2-4-15-6-8-16/h11-15,17H,1-10H2/t11-,12-/m1/s1. The van der Waals surface area contributed by atoms with Gasteiger partial charge in [-0.3, -0.25) is 4.90 Å². The summed E-state index contributed by atoms with van der Waals surface area (Å²) in [5.74, 6) is 0. The van der Waals surface area contributed by atoms with Crippen molar-refractivity contribution in [1.29, 1.82) is 0 Å². The summed E-state index contributed by atoms with van der Waals surface area (Å²) < 4.78 is 5.35. The third-order valence-corrected chi connectivity index (χ3v) is 3.60. The molecule has 2 saturated heterocycles. The highest BCUT2D eigenvalue weighted by molar-refractivity contribution is 4.84. The molecule has 0 aromatic carbocycles. The van der Waals surface area contributed by atoms with E-state index in [4.69, 9.17) is 4.74 Å². The van der Waals surface area contributed by atoms with E-state index in [1.54, 1.807) is 0 Å². The van der Waals surface area contributed by atoms with Gasteiger partial charge in [0.25, 0.3) is 0 Å². The predicted octanol–water partition coefficient (Wildman–Crippen LogP) is -2.17. The molecule has 0 radical (unpaired) electrons.